The molecule has 0 aromatic heterocycles. The lowest BCUT2D eigenvalue weighted by Crippen LogP contribution is -2.14. The summed E-state index contributed by atoms with van der Waals surface area (Å²) < 4.78 is 4.89. The third kappa shape index (κ3) is 7.11. The average Bonchev–Trinajstić information content (AvgIpc) is 2.23. The van der Waals surface area contributed by atoms with Gasteiger partial charge in [0, 0.05) is 18.6 Å². The Labute approximate surface area is 90.6 Å². The summed E-state index contributed by atoms with van der Waals surface area (Å²) in [5.41, 5.74) is 0.299. The van der Waals surface area contributed by atoms with E-state index in [2.05, 4.69) is 6.58 Å². The molecule has 0 aromatic carbocycles. The molecule has 1 unspecified atom stereocenters. The molecule has 0 radical (unpaired) electrons. The van der Waals surface area contributed by atoms with Gasteiger partial charge in [-0.2, -0.15) is 0 Å². The summed E-state index contributed by atoms with van der Waals surface area (Å²) in [6, 6.07) is 0. The minimum absolute atomic E-state index is 0.104. The van der Waals surface area contributed by atoms with Crippen LogP contribution in [0.2, 0.25) is 0 Å². The van der Waals surface area contributed by atoms with Gasteiger partial charge >= 0.3 is 5.97 Å². The normalized spacial score (nSPS) is 12.2. The smallest absolute Gasteiger partial charge is 0.333 e. The highest BCUT2D eigenvalue weighted by molar-refractivity contribution is 5.87. The van der Waals surface area contributed by atoms with Crippen molar-refractivity contribution in [1.82, 2.24) is 0 Å². The number of aliphatic hydroxyl groups excluding tert-OH is 2. The summed E-state index contributed by atoms with van der Waals surface area (Å²) in [6.07, 6.45) is 1.59. The van der Waals surface area contributed by atoms with Crippen LogP contribution in [-0.4, -0.2) is 35.5 Å². The fourth-order valence-electron chi connectivity index (χ4n) is 0.993. The van der Waals surface area contributed by atoms with Gasteiger partial charge in [0.05, 0.1) is 12.7 Å². The van der Waals surface area contributed by atoms with Crippen LogP contribution in [0.4, 0.5) is 0 Å². The first-order valence-corrected chi connectivity index (χ1v) is 5.25. The quantitative estimate of drug-likeness (QED) is 0.361. The summed E-state index contributed by atoms with van der Waals surface area (Å²) in [4.78, 5) is 11.3. The molecule has 0 aliphatic carbocycles. The molecule has 0 amide bonds. The number of carbonyl (C=O) groups is 1. The lowest BCUT2D eigenvalue weighted by atomic mass is 10.1. The minimum Gasteiger partial charge on any atom is -0.462 e. The van der Waals surface area contributed by atoms with Crippen molar-refractivity contribution in [3.8, 4) is 0 Å². The predicted octanol–water partition coefficient (Wildman–Crippen LogP) is 1.02. The van der Waals surface area contributed by atoms with Gasteiger partial charge in [0.1, 0.15) is 0 Å². The van der Waals surface area contributed by atoms with E-state index in [-0.39, 0.29) is 13.0 Å². The Balaban J connectivity index is 3.65. The molecule has 0 aliphatic rings. The number of esters is 1. The fourth-order valence-corrected chi connectivity index (χ4v) is 0.993. The van der Waals surface area contributed by atoms with Crippen LogP contribution in [0.25, 0.3) is 0 Å². The molecule has 0 saturated carbocycles. The number of aliphatic hydroxyl groups is 2. The largest absolute Gasteiger partial charge is 0.462 e. The molecule has 0 heterocycles. The van der Waals surface area contributed by atoms with Crippen LogP contribution < -0.4 is 0 Å². The predicted molar refractivity (Wildman–Crippen MR) is 57.3 cm³/mol. The van der Waals surface area contributed by atoms with Crippen molar-refractivity contribution < 1.29 is 19.7 Å². The summed E-state index contributed by atoms with van der Waals surface area (Å²) in [7, 11) is 0. The average molecular weight is 216 g/mol. The van der Waals surface area contributed by atoms with E-state index in [0.717, 1.165) is 0 Å². The summed E-state index contributed by atoms with van der Waals surface area (Å²) >= 11 is 0. The summed E-state index contributed by atoms with van der Waals surface area (Å²) in [5, 5.41) is 17.8. The highest BCUT2D eigenvalue weighted by Gasteiger charge is 2.12. The number of rotatable bonds is 8. The van der Waals surface area contributed by atoms with E-state index in [9.17, 15) is 9.90 Å². The molecular formula is C11H20O4. The van der Waals surface area contributed by atoms with Crippen molar-refractivity contribution in [2.45, 2.75) is 38.7 Å². The Morgan fingerprint density at radius 2 is 2.13 bits per heavy atom. The maximum Gasteiger partial charge on any atom is 0.333 e. The van der Waals surface area contributed by atoms with Gasteiger partial charge in [-0.15, -0.1) is 0 Å². The maximum absolute atomic E-state index is 11.3. The first kappa shape index (κ1) is 14.1. The Morgan fingerprint density at radius 1 is 1.47 bits per heavy atom. The van der Waals surface area contributed by atoms with E-state index in [0.29, 0.717) is 31.4 Å². The highest BCUT2D eigenvalue weighted by atomic mass is 16.5. The van der Waals surface area contributed by atoms with Gasteiger partial charge in [0.2, 0.25) is 0 Å². The topological polar surface area (TPSA) is 66.8 Å². The number of hydrogen-bond acceptors (Lipinski definition) is 4. The van der Waals surface area contributed by atoms with E-state index >= 15 is 0 Å². The van der Waals surface area contributed by atoms with E-state index in [1.54, 1.807) is 0 Å². The van der Waals surface area contributed by atoms with Crippen molar-refractivity contribution in [1.29, 1.82) is 0 Å². The second kappa shape index (κ2) is 8.44. The van der Waals surface area contributed by atoms with Crippen molar-refractivity contribution in [3.63, 3.8) is 0 Å². The van der Waals surface area contributed by atoms with E-state index in [4.69, 9.17) is 9.84 Å². The second-order valence-electron chi connectivity index (χ2n) is 3.44. The first-order chi connectivity index (χ1) is 7.11. The standard InChI is InChI=1S/C11H20O4/c1-3-10(13)8-9(2)11(14)15-7-5-4-6-12/h10,12-13H,2-8H2,1H3. The number of hydrogen-bond donors (Lipinski definition) is 2. The van der Waals surface area contributed by atoms with Gasteiger partial charge in [-0.1, -0.05) is 13.5 Å². The lowest BCUT2D eigenvalue weighted by Gasteiger charge is -2.09. The van der Waals surface area contributed by atoms with Crippen molar-refractivity contribution in [3.05, 3.63) is 12.2 Å². The van der Waals surface area contributed by atoms with Crippen LogP contribution in [-0.2, 0) is 9.53 Å². The maximum atomic E-state index is 11.3. The van der Waals surface area contributed by atoms with Crippen molar-refractivity contribution in [2.24, 2.45) is 0 Å². The van der Waals surface area contributed by atoms with Crippen molar-refractivity contribution in [2.75, 3.05) is 13.2 Å². The molecule has 0 fully saturated rings. The molecule has 0 aromatic rings. The molecule has 0 rings (SSSR count). The molecule has 4 heteroatoms. The Kier molecular flexibility index (Phi) is 7.95. The molecule has 15 heavy (non-hydrogen) atoms. The van der Waals surface area contributed by atoms with Crippen LogP contribution >= 0.6 is 0 Å². The van der Waals surface area contributed by atoms with Crippen molar-refractivity contribution >= 4 is 5.97 Å². The molecule has 4 nitrogen and oxygen atoms in total. The molecule has 88 valence electrons. The highest BCUT2D eigenvalue weighted by Crippen LogP contribution is 2.08. The third-order valence-corrected chi connectivity index (χ3v) is 2.03. The third-order valence-electron chi connectivity index (χ3n) is 2.03. The van der Waals surface area contributed by atoms with Gasteiger partial charge in [0.25, 0.3) is 0 Å². The summed E-state index contributed by atoms with van der Waals surface area (Å²) in [5.74, 6) is -0.458. The molecule has 0 saturated heterocycles. The second-order valence-corrected chi connectivity index (χ2v) is 3.44. The Hall–Kier alpha value is -0.870. The van der Waals surface area contributed by atoms with E-state index < -0.39 is 12.1 Å². The zero-order valence-corrected chi connectivity index (χ0v) is 9.24. The number of ether oxygens (including phenoxy) is 1. The summed E-state index contributed by atoms with van der Waals surface area (Å²) in [6.45, 7) is 5.79. The molecule has 1 atom stereocenters. The van der Waals surface area contributed by atoms with Gasteiger partial charge < -0.3 is 14.9 Å². The monoisotopic (exact) mass is 216 g/mol. The fraction of sp³-hybridized carbons (Fsp3) is 0.727. The van der Waals surface area contributed by atoms with Crippen LogP contribution in [0, 0.1) is 0 Å². The minimum atomic E-state index is -0.525. The van der Waals surface area contributed by atoms with E-state index in [1.807, 2.05) is 6.92 Å². The van der Waals surface area contributed by atoms with Crippen LogP contribution in [0.1, 0.15) is 32.6 Å². The Morgan fingerprint density at radius 3 is 2.67 bits per heavy atom. The van der Waals surface area contributed by atoms with Gasteiger partial charge in [0.15, 0.2) is 0 Å². The zero-order chi connectivity index (χ0) is 11.7. The number of carbonyl (C=O) groups excluding carboxylic acids is 1. The Bertz CT molecular complexity index is 201. The van der Waals surface area contributed by atoms with Gasteiger partial charge in [-0.05, 0) is 19.3 Å². The lowest BCUT2D eigenvalue weighted by molar-refractivity contribution is -0.139. The van der Waals surface area contributed by atoms with Crippen LogP contribution in [0.15, 0.2) is 12.2 Å². The molecule has 2 N–H and O–H groups in total. The van der Waals surface area contributed by atoms with E-state index in [1.165, 1.54) is 0 Å². The van der Waals surface area contributed by atoms with Crippen LogP contribution in [0.5, 0.6) is 0 Å². The SMILES string of the molecule is C=C(CC(O)CC)C(=O)OCCCCO. The molecule has 0 aliphatic heterocycles. The van der Waals surface area contributed by atoms with Gasteiger partial charge in [-0.25, -0.2) is 4.79 Å². The number of unbranched alkanes of at least 4 members (excludes halogenated alkanes) is 1. The molecule has 0 spiro atoms. The first-order valence-electron chi connectivity index (χ1n) is 5.25. The zero-order valence-electron chi connectivity index (χ0n) is 9.24. The van der Waals surface area contributed by atoms with Crippen LogP contribution in [0.3, 0.4) is 0 Å². The van der Waals surface area contributed by atoms with Gasteiger partial charge in [-0.3, -0.25) is 0 Å². The molecular weight excluding hydrogens is 196 g/mol. The molecule has 0 bridgehead atoms.